The van der Waals surface area contributed by atoms with E-state index in [1.807, 2.05) is 4.57 Å². The van der Waals surface area contributed by atoms with Crippen LogP contribution in [0.25, 0.3) is 11.2 Å². The number of carboxylic acid groups (broad SMARTS) is 1. The lowest BCUT2D eigenvalue weighted by molar-refractivity contribution is -0.133. The van der Waals surface area contributed by atoms with Crippen molar-refractivity contribution in [2.45, 2.75) is 38.9 Å². The first-order chi connectivity index (χ1) is 9.70. The molecule has 0 spiro atoms. The average molecular weight is 328 g/mol. The number of hydrogen-bond acceptors (Lipinski definition) is 4. The summed E-state index contributed by atoms with van der Waals surface area (Å²) in [4.78, 5) is 19.7. The fourth-order valence-electron chi connectivity index (χ4n) is 1.90. The van der Waals surface area contributed by atoms with Gasteiger partial charge in [-0.15, -0.1) is 0 Å². The number of fused-ring (bicyclic) bond motifs is 1. The number of imidazole rings is 1. The predicted molar refractivity (Wildman–Crippen MR) is 85.1 cm³/mol. The third-order valence-electron chi connectivity index (χ3n) is 3.43. The Kier molecular flexibility index (Phi) is 4.49. The van der Waals surface area contributed by atoms with Crippen molar-refractivity contribution in [3.05, 3.63) is 17.3 Å². The second-order valence-corrected chi connectivity index (χ2v) is 7.36. The summed E-state index contributed by atoms with van der Waals surface area (Å²) in [6.07, 6.45) is 1.59. The highest BCUT2D eigenvalue weighted by atomic mass is 35.5. The zero-order chi connectivity index (χ0) is 15.8. The Morgan fingerprint density at radius 3 is 2.76 bits per heavy atom. The Hall–Kier alpha value is -1.27. The summed E-state index contributed by atoms with van der Waals surface area (Å²) in [5, 5.41) is 10.1. The smallest absolute Gasteiger partial charge is 0.313 e. The van der Waals surface area contributed by atoms with E-state index in [1.165, 1.54) is 11.8 Å². The van der Waals surface area contributed by atoms with Gasteiger partial charge in [-0.25, -0.2) is 9.97 Å². The van der Waals surface area contributed by atoms with Crippen molar-refractivity contribution in [2.24, 2.45) is 5.41 Å². The van der Waals surface area contributed by atoms with E-state index in [0.29, 0.717) is 15.7 Å². The molecule has 0 bridgehead atoms. The van der Waals surface area contributed by atoms with Gasteiger partial charge in [-0.05, 0) is 18.4 Å². The third kappa shape index (κ3) is 3.49. The van der Waals surface area contributed by atoms with Crippen molar-refractivity contribution in [3.8, 4) is 0 Å². The molecule has 0 saturated carbocycles. The highest BCUT2D eigenvalue weighted by molar-refractivity contribution is 7.99. The molecule has 0 aliphatic rings. The molecular weight excluding hydrogens is 310 g/mol. The monoisotopic (exact) mass is 327 g/mol. The van der Waals surface area contributed by atoms with Gasteiger partial charge < -0.3 is 9.67 Å². The van der Waals surface area contributed by atoms with Gasteiger partial charge in [0.15, 0.2) is 10.8 Å². The highest BCUT2D eigenvalue weighted by Gasteiger charge is 2.27. The molecule has 0 saturated heterocycles. The zero-order valence-corrected chi connectivity index (χ0v) is 14.0. The topological polar surface area (TPSA) is 68.0 Å². The lowest BCUT2D eigenvalue weighted by atomic mass is 9.88. The fourth-order valence-corrected chi connectivity index (χ4v) is 2.85. The summed E-state index contributed by atoms with van der Waals surface area (Å²) in [6.45, 7) is 8.48. The summed E-state index contributed by atoms with van der Waals surface area (Å²) in [5.74, 6) is -0.901. The second kappa shape index (κ2) is 5.85. The van der Waals surface area contributed by atoms with Crippen LogP contribution < -0.4 is 0 Å². The van der Waals surface area contributed by atoms with Crippen molar-refractivity contribution in [3.63, 3.8) is 0 Å². The lowest BCUT2D eigenvalue weighted by Crippen LogP contribution is -2.22. The Labute approximate surface area is 132 Å². The highest BCUT2D eigenvalue weighted by Crippen LogP contribution is 2.36. The SMILES string of the molecule is CC(n1c(SCC(=O)O)nc2cc(Cl)cnc21)C(C)(C)C. The third-order valence-corrected chi connectivity index (χ3v) is 4.57. The molecule has 0 aromatic carbocycles. The van der Waals surface area contributed by atoms with Crippen molar-refractivity contribution in [1.29, 1.82) is 0 Å². The van der Waals surface area contributed by atoms with E-state index in [4.69, 9.17) is 16.7 Å². The van der Waals surface area contributed by atoms with Crippen LogP contribution in [0.5, 0.6) is 0 Å². The molecule has 1 N–H and O–H groups in total. The molecule has 0 aliphatic heterocycles. The largest absolute Gasteiger partial charge is 0.481 e. The summed E-state index contributed by atoms with van der Waals surface area (Å²) in [5.41, 5.74) is 1.41. The van der Waals surface area contributed by atoms with E-state index in [-0.39, 0.29) is 17.2 Å². The van der Waals surface area contributed by atoms with Crippen molar-refractivity contribution in [1.82, 2.24) is 14.5 Å². The summed E-state index contributed by atoms with van der Waals surface area (Å²) in [7, 11) is 0. The Morgan fingerprint density at radius 2 is 2.19 bits per heavy atom. The molecule has 1 atom stereocenters. The quantitative estimate of drug-likeness (QED) is 0.863. The van der Waals surface area contributed by atoms with Gasteiger partial charge in [0.25, 0.3) is 0 Å². The number of carbonyl (C=O) groups is 1. The van der Waals surface area contributed by atoms with Crippen LogP contribution in [0.2, 0.25) is 5.02 Å². The molecule has 2 aromatic heterocycles. The Morgan fingerprint density at radius 1 is 1.52 bits per heavy atom. The summed E-state index contributed by atoms with van der Waals surface area (Å²) < 4.78 is 2.00. The molecule has 0 radical (unpaired) electrons. The molecule has 0 aliphatic carbocycles. The number of hydrogen-bond donors (Lipinski definition) is 1. The van der Waals surface area contributed by atoms with Gasteiger partial charge in [0.2, 0.25) is 0 Å². The maximum Gasteiger partial charge on any atom is 0.313 e. The fraction of sp³-hybridized carbons (Fsp3) is 0.500. The first-order valence-electron chi connectivity index (χ1n) is 6.58. The minimum Gasteiger partial charge on any atom is -0.481 e. The molecule has 0 fully saturated rings. The van der Waals surface area contributed by atoms with Crippen LogP contribution in [0.1, 0.15) is 33.7 Å². The van der Waals surface area contributed by atoms with Gasteiger partial charge in [0.1, 0.15) is 5.52 Å². The molecule has 7 heteroatoms. The average Bonchev–Trinajstić information content (AvgIpc) is 2.71. The molecular formula is C14H18ClN3O2S. The molecule has 2 rings (SSSR count). The second-order valence-electron chi connectivity index (χ2n) is 5.99. The predicted octanol–water partition coefficient (Wildman–Crippen LogP) is 3.87. The van der Waals surface area contributed by atoms with Crippen LogP contribution in [0.4, 0.5) is 0 Å². The van der Waals surface area contributed by atoms with Crippen LogP contribution in [0.3, 0.4) is 0 Å². The van der Waals surface area contributed by atoms with Crippen molar-refractivity contribution < 1.29 is 9.90 Å². The van der Waals surface area contributed by atoms with Crippen LogP contribution >= 0.6 is 23.4 Å². The number of carboxylic acids is 1. The van der Waals surface area contributed by atoms with Gasteiger partial charge in [0.05, 0.1) is 10.8 Å². The maximum atomic E-state index is 10.8. The minimum atomic E-state index is -0.868. The first-order valence-corrected chi connectivity index (χ1v) is 7.94. The van der Waals surface area contributed by atoms with Gasteiger partial charge >= 0.3 is 5.97 Å². The minimum absolute atomic E-state index is 0.00647. The van der Waals surface area contributed by atoms with E-state index in [1.54, 1.807) is 12.3 Å². The lowest BCUT2D eigenvalue weighted by Gasteiger charge is -2.29. The van der Waals surface area contributed by atoms with Crippen LogP contribution in [0, 0.1) is 5.41 Å². The number of pyridine rings is 1. The first kappa shape index (κ1) is 16.1. The van der Waals surface area contributed by atoms with E-state index in [0.717, 1.165) is 5.65 Å². The van der Waals surface area contributed by atoms with E-state index in [2.05, 4.69) is 37.7 Å². The maximum absolute atomic E-state index is 10.8. The Bertz CT molecular complexity index is 679. The van der Waals surface area contributed by atoms with E-state index in [9.17, 15) is 4.79 Å². The van der Waals surface area contributed by atoms with Crippen LogP contribution in [-0.4, -0.2) is 31.4 Å². The van der Waals surface area contributed by atoms with E-state index < -0.39 is 5.97 Å². The number of nitrogens with zero attached hydrogens (tertiary/aromatic N) is 3. The summed E-state index contributed by atoms with van der Waals surface area (Å²) in [6, 6.07) is 1.87. The molecule has 1 unspecified atom stereocenters. The van der Waals surface area contributed by atoms with E-state index >= 15 is 0 Å². The number of aromatic nitrogens is 3. The van der Waals surface area contributed by atoms with Gasteiger partial charge in [0, 0.05) is 12.2 Å². The molecule has 0 amide bonds. The van der Waals surface area contributed by atoms with Crippen LogP contribution in [0.15, 0.2) is 17.4 Å². The van der Waals surface area contributed by atoms with Crippen LogP contribution in [-0.2, 0) is 4.79 Å². The number of rotatable bonds is 4. The molecule has 114 valence electrons. The molecule has 2 heterocycles. The summed E-state index contributed by atoms with van der Waals surface area (Å²) >= 11 is 7.17. The van der Waals surface area contributed by atoms with Crippen molar-refractivity contribution >= 4 is 40.5 Å². The van der Waals surface area contributed by atoms with Crippen molar-refractivity contribution in [2.75, 3.05) is 5.75 Å². The Balaban J connectivity index is 2.57. The normalized spacial score (nSPS) is 13.6. The van der Waals surface area contributed by atoms with Gasteiger partial charge in [-0.1, -0.05) is 44.1 Å². The number of halogens is 1. The van der Waals surface area contributed by atoms with Gasteiger partial charge in [-0.3, -0.25) is 4.79 Å². The molecule has 5 nitrogen and oxygen atoms in total. The molecule has 21 heavy (non-hydrogen) atoms. The van der Waals surface area contributed by atoms with Gasteiger partial charge in [-0.2, -0.15) is 0 Å². The standard InChI is InChI=1S/C14H18ClN3O2S/c1-8(14(2,3)4)18-12-10(5-9(15)6-16-12)17-13(18)21-7-11(19)20/h5-6,8H,7H2,1-4H3,(H,19,20). The zero-order valence-electron chi connectivity index (χ0n) is 12.4. The number of aliphatic carboxylic acids is 1. The molecule has 2 aromatic rings. The number of thioether (sulfide) groups is 1.